The number of ether oxygens (including phenoxy) is 1. The predicted molar refractivity (Wildman–Crippen MR) is 107 cm³/mol. The van der Waals surface area contributed by atoms with Crippen molar-refractivity contribution in [2.75, 3.05) is 24.4 Å². The second kappa shape index (κ2) is 8.91. The number of carbonyl (C=O) groups excluding carboxylic acids is 3. The van der Waals surface area contributed by atoms with Gasteiger partial charge in [-0.3, -0.25) is 14.9 Å². The third kappa shape index (κ3) is 5.35. The van der Waals surface area contributed by atoms with Crippen LogP contribution < -0.4 is 15.5 Å². The monoisotopic (exact) mass is 385 g/mol. The normalized spacial score (nSPS) is 9.89. The highest BCUT2D eigenvalue weighted by molar-refractivity contribution is 7.80. The van der Waals surface area contributed by atoms with Gasteiger partial charge in [0.15, 0.2) is 5.11 Å². The van der Waals surface area contributed by atoms with Gasteiger partial charge in [0, 0.05) is 30.9 Å². The Morgan fingerprint density at radius 2 is 1.67 bits per heavy atom. The number of carbonyl (C=O) groups is 3. The lowest BCUT2D eigenvalue weighted by Gasteiger charge is -2.16. The number of thiocarbonyl (C=S) groups is 1. The van der Waals surface area contributed by atoms with Crippen LogP contribution in [0.1, 0.15) is 27.6 Å². The third-order valence-electron chi connectivity index (χ3n) is 3.76. The van der Waals surface area contributed by atoms with Crippen LogP contribution in [0, 0.1) is 0 Å². The Hall–Kier alpha value is -3.26. The van der Waals surface area contributed by atoms with Crippen LogP contribution in [-0.2, 0) is 9.53 Å². The van der Waals surface area contributed by atoms with E-state index >= 15 is 0 Å². The van der Waals surface area contributed by atoms with Gasteiger partial charge in [0.25, 0.3) is 5.91 Å². The third-order valence-corrected chi connectivity index (χ3v) is 3.96. The van der Waals surface area contributed by atoms with E-state index in [0.717, 1.165) is 0 Å². The molecule has 0 spiro atoms. The Kier molecular flexibility index (Phi) is 6.62. The molecule has 140 valence electrons. The summed E-state index contributed by atoms with van der Waals surface area (Å²) in [6.45, 7) is 1.47. The molecule has 0 saturated heterocycles. The van der Waals surface area contributed by atoms with Crippen molar-refractivity contribution in [1.82, 2.24) is 5.32 Å². The zero-order chi connectivity index (χ0) is 20.0. The van der Waals surface area contributed by atoms with Crippen LogP contribution in [0.15, 0.2) is 48.5 Å². The summed E-state index contributed by atoms with van der Waals surface area (Å²) in [6.07, 6.45) is 0. The lowest BCUT2D eigenvalue weighted by molar-refractivity contribution is -0.116. The summed E-state index contributed by atoms with van der Waals surface area (Å²) < 4.78 is 4.61. The summed E-state index contributed by atoms with van der Waals surface area (Å²) in [6, 6.07) is 13.1. The molecule has 0 bridgehead atoms. The topological polar surface area (TPSA) is 87.7 Å². The largest absolute Gasteiger partial charge is 0.465 e. The molecule has 27 heavy (non-hydrogen) atoms. The van der Waals surface area contributed by atoms with Gasteiger partial charge in [-0.1, -0.05) is 6.07 Å². The van der Waals surface area contributed by atoms with Gasteiger partial charge < -0.3 is 15.0 Å². The molecule has 0 atom stereocenters. The minimum atomic E-state index is -0.477. The van der Waals surface area contributed by atoms with Crippen molar-refractivity contribution in [2.24, 2.45) is 0 Å². The van der Waals surface area contributed by atoms with E-state index in [4.69, 9.17) is 12.2 Å². The summed E-state index contributed by atoms with van der Waals surface area (Å²) in [5, 5.41) is 5.58. The van der Waals surface area contributed by atoms with Crippen molar-refractivity contribution in [3.8, 4) is 0 Å². The molecule has 0 unspecified atom stereocenters. The first-order valence-electron chi connectivity index (χ1n) is 7.97. The molecule has 2 aromatic carbocycles. The minimum Gasteiger partial charge on any atom is -0.465 e. The van der Waals surface area contributed by atoms with Crippen LogP contribution in [0.5, 0.6) is 0 Å². The van der Waals surface area contributed by atoms with Crippen molar-refractivity contribution < 1.29 is 19.1 Å². The fourth-order valence-corrected chi connectivity index (χ4v) is 2.40. The second-order valence-corrected chi connectivity index (χ2v) is 6.01. The van der Waals surface area contributed by atoms with Crippen molar-refractivity contribution in [2.45, 2.75) is 6.92 Å². The maximum Gasteiger partial charge on any atom is 0.337 e. The highest BCUT2D eigenvalue weighted by Crippen LogP contribution is 2.18. The molecule has 8 heteroatoms. The first kappa shape index (κ1) is 20.1. The van der Waals surface area contributed by atoms with Crippen LogP contribution in [0.25, 0.3) is 0 Å². The van der Waals surface area contributed by atoms with Crippen LogP contribution in [0.2, 0.25) is 0 Å². The Bertz CT molecular complexity index is 881. The molecular formula is C19H19N3O4S. The number of anilines is 2. The summed E-state index contributed by atoms with van der Waals surface area (Å²) in [5.41, 5.74) is 2.02. The molecule has 0 aliphatic heterocycles. The average Bonchev–Trinajstić information content (AvgIpc) is 2.66. The predicted octanol–water partition coefficient (Wildman–Crippen LogP) is 2.58. The van der Waals surface area contributed by atoms with E-state index in [9.17, 15) is 14.4 Å². The van der Waals surface area contributed by atoms with E-state index in [1.807, 2.05) is 0 Å². The molecule has 2 N–H and O–H groups in total. The number of rotatable bonds is 4. The van der Waals surface area contributed by atoms with Crippen LogP contribution in [0.4, 0.5) is 11.4 Å². The molecular weight excluding hydrogens is 366 g/mol. The van der Waals surface area contributed by atoms with Crippen molar-refractivity contribution in [1.29, 1.82) is 0 Å². The number of nitrogens with one attached hydrogen (secondary N) is 2. The van der Waals surface area contributed by atoms with Gasteiger partial charge in [-0.2, -0.15) is 0 Å². The van der Waals surface area contributed by atoms with E-state index in [1.54, 1.807) is 31.3 Å². The number of esters is 1. The molecule has 0 fully saturated rings. The molecule has 2 amide bonds. The average molecular weight is 385 g/mol. The van der Waals surface area contributed by atoms with Crippen LogP contribution in [0.3, 0.4) is 0 Å². The summed E-state index contributed by atoms with van der Waals surface area (Å²) in [5.74, 6) is -0.992. The lowest BCUT2D eigenvalue weighted by Crippen LogP contribution is -2.34. The lowest BCUT2D eigenvalue weighted by atomic mass is 10.1. The van der Waals surface area contributed by atoms with Gasteiger partial charge in [-0.25, -0.2) is 4.79 Å². The van der Waals surface area contributed by atoms with Crippen LogP contribution >= 0.6 is 12.2 Å². The number of hydrogen-bond acceptors (Lipinski definition) is 5. The Morgan fingerprint density at radius 3 is 2.26 bits per heavy atom. The number of hydrogen-bond donors (Lipinski definition) is 2. The first-order valence-corrected chi connectivity index (χ1v) is 8.37. The summed E-state index contributed by atoms with van der Waals surface area (Å²) in [7, 11) is 2.95. The van der Waals surface area contributed by atoms with E-state index in [2.05, 4.69) is 15.4 Å². The first-order chi connectivity index (χ1) is 12.8. The molecule has 0 saturated carbocycles. The standard InChI is InChI=1S/C19H19N3O4S/c1-12(23)22(2)16-6-4-5-15(11-16)20-19(27)21-17(24)13-7-9-14(10-8-13)18(25)26-3/h4-11H,1-3H3,(H2,20,21,24,27). The molecule has 7 nitrogen and oxygen atoms in total. The molecule has 0 aliphatic rings. The summed E-state index contributed by atoms with van der Waals surface area (Å²) >= 11 is 5.16. The molecule has 2 aromatic rings. The maximum atomic E-state index is 12.3. The Balaban J connectivity index is 2.01. The SMILES string of the molecule is COC(=O)c1ccc(C(=O)NC(=S)Nc2cccc(N(C)C(C)=O)c2)cc1. The molecule has 0 heterocycles. The fraction of sp³-hybridized carbons (Fsp3) is 0.158. The van der Waals surface area contributed by atoms with E-state index in [-0.39, 0.29) is 11.0 Å². The molecule has 0 aromatic heterocycles. The number of amides is 2. The summed E-state index contributed by atoms with van der Waals surface area (Å²) in [4.78, 5) is 36.6. The number of benzene rings is 2. The Labute approximate surface area is 162 Å². The van der Waals surface area contributed by atoms with Gasteiger partial charge in [-0.15, -0.1) is 0 Å². The van der Waals surface area contributed by atoms with E-state index in [0.29, 0.717) is 22.5 Å². The highest BCUT2D eigenvalue weighted by Gasteiger charge is 2.11. The minimum absolute atomic E-state index is 0.0987. The zero-order valence-corrected chi connectivity index (χ0v) is 15.9. The van der Waals surface area contributed by atoms with Gasteiger partial charge in [0.05, 0.1) is 12.7 Å². The fourth-order valence-electron chi connectivity index (χ4n) is 2.19. The van der Waals surface area contributed by atoms with Crippen molar-refractivity contribution in [3.63, 3.8) is 0 Å². The number of nitrogens with zero attached hydrogens (tertiary/aromatic N) is 1. The quantitative estimate of drug-likeness (QED) is 0.621. The zero-order valence-electron chi connectivity index (χ0n) is 15.1. The van der Waals surface area contributed by atoms with Gasteiger partial charge in [0.1, 0.15) is 0 Å². The Morgan fingerprint density at radius 1 is 1.04 bits per heavy atom. The van der Waals surface area contributed by atoms with E-state index < -0.39 is 11.9 Å². The van der Waals surface area contributed by atoms with Gasteiger partial charge >= 0.3 is 5.97 Å². The smallest absolute Gasteiger partial charge is 0.337 e. The van der Waals surface area contributed by atoms with Gasteiger partial charge in [-0.05, 0) is 54.7 Å². The van der Waals surface area contributed by atoms with Crippen molar-refractivity contribution in [3.05, 3.63) is 59.7 Å². The maximum absolute atomic E-state index is 12.3. The van der Waals surface area contributed by atoms with Gasteiger partial charge in [0.2, 0.25) is 5.91 Å². The molecule has 2 rings (SSSR count). The second-order valence-electron chi connectivity index (χ2n) is 5.61. The highest BCUT2D eigenvalue weighted by atomic mass is 32.1. The van der Waals surface area contributed by atoms with E-state index in [1.165, 1.54) is 43.2 Å². The number of methoxy groups -OCH3 is 1. The van der Waals surface area contributed by atoms with Crippen LogP contribution in [-0.4, -0.2) is 37.1 Å². The molecule has 0 radical (unpaired) electrons. The molecule has 0 aliphatic carbocycles. The van der Waals surface area contributed by atoms with Crippen molar-refractivity contribution >= 4 is 46.5 Å².